The first-order valence-electron chi connectivity index (χ1n) is 6.66. The molecule has 0 aliphatic heterocycles. The number of nitrogens with one attached hydrogen (secondary N) is 1. The second-order valence-corrected chi connectivity index (χ2v) is 5.30. The van der Waals surface area contributed by atoms with E-state index in [1.807, 2.05) is 0 Å². The number of ether oxygens (including phenoxy) is 1. The van der Waals surface area contributed by atoms with Crippen molar-refractivity contribution in [2.75, 3.05) is 19.8 Å². The Hall–Kier alpha value is -0.340. The van der Waals surface area contributed by atoms with Gasteiger partial charge >= 0.3 is 0 Å². The minimum atomic E-state index is 0.523. The van der Waals surface area contributed by atoms with Gasteiger partial charge in [0, 0.05) is 19.2 Å². The van der Waals surface area contributed by atoms with Gasteiger partial charge in [-0.05, 0) is 24.3 Å². The molecule has 0 atom stereocenters. The molecule has 2 heteroatoms. The van der Waals surface area contributed by atoms with E-state index in [1.54, 1.807) is 0 Å². The first-order valence-corrected chi connectivity index (χ1v) is 6.66. The SMILES string of the molecule is C=C(CNC(C)C)COCC1CCCCC1. The smallest absolute Gasteiger partial charge is 0.0686 e. The lowest BCUT2D eigenvalue weighted by molar-refractivity contribution is 0.100. The highest BCUT2D eigenvalue weighted by molar-refractivity contribution is 4.97. The molecular weight excluding hydrogens is 198 g/mol. The van der Waals surface area contributed by atoms with Gasteiger partial charge in [0.2, 0.25) is 0 Å². The molecule has 0 unspecified atom stereocenters. The Balaban J connectivity index is 1.99. The molecule has 0 spiro atoms. The highest BCUT2D eigenvalue weighted by Crippen LogP contribution is 2.23. The number of rotatable bonds is 7. The van der Waals surface area contributed by atoms with Gasteiger partial charge in [-0.1, -0.05) is 39.7 Å². The lowest BCUT2D eigenvalue weighted by atomic mass is 9.90. The summed E-state index contributed by atoms with van der Waals surface area (Å²) in [5.74, 6) is 0.805. The summed E-state index contributed by atoms with van der Waals surface area (Å²) in [6, 6.07) is 0.523. The zero-order valence-corrected chi connectivity index (χ0v) is 10.9. The van der Waals surface area contributed by atoms with Crippen LogP contribution in [0.2, 0.25) is 0 Å². The third-order valence-corrected chi connectivity index (χ3v) is 3.14. The Bertz CT molecular complexity index is 195. The van der Waals surface area contributed by atoms with E-state index in [2.05, 4.69) is 25.7 Å². The Kier molecular flexibility index (Phi) is 6.74. The van der Waals surface area contributed by atoms with Crippen molar-refractivity contribution in [2.45, 2.75) is 52.0 Å². The van der Waals surface area contributed by atoms with E-state index >= 15 is 0 Å². The van der Waals surface area contributed by atoms with Gasteiger partial charge in [-0.3, -0.25) is 0 Å². The summed E-state index contributed by atoms with van der Waals surface area (Å²) in [6.07, 6.45) is 6.92. The molecule has 0 bridgehead atoms. The van der Waals surface area contributed by atoms with E-state index in [4.69, 9.17) is 4.74 Å². The quantitative estimate of drug-likeness (QED) is 0.672. The molecule has 0 saturated heterocycles. The number of hydrogen-bond acceptors (Lipinski definition) is 2. The predicted octanol–water partition coefficient (Wildman–Crippen LogP) is 3.14. The van der Waals surface area contributed by atoms with Crippen LogP contribution in [0.4, 0.5) is 0 Å². The van der Waals surface area contributed by atoms with Gasteiger partial charge in [0.05, 0.1) is 6.61 Å². The van der Waals surface area contributed by atoms with Gasteiger partial charge in [0.15, 0.2) is 0 Å². The molecule has 2 nitrogen and oxygen atoms in total. The Morgan fingerprint density at radius 2 is 2.00 bits per heavy atom. The summed E-state index contributed by atoms with van der Waals surface area (Å²) >= 11 is 0. The Morgan fingerprint density at radius 1 is 1.31 bits per heavy atom. The van der Waals surface area contributed by atoms with E-state index in [0.717, 1.165) is 31.2 Å². The van der Waals surface area contributed by atoms with Gasteiger partial charge in [0.1, 0.15) is 0 Å². The van der Waals surface area contributed by atoms with E-state index in [-0.39, 0.29) is 0 Å². The maximum Gasteiger partial charge on any atom is 0.0686 e. The van der Waals surface area contributed by atoms with Crippen molar-refractivity contribution < 1.29 is 4.74 Å². The zero-order valence-electron chi connectivity index (χ0n) is 10.9. The Labute approximate surface area is 100 Å². The second-order valence-electron chi connectivity index (χ2n) is 5.30. The fraction of sp³-hybridized carbons (Fsp3) is 0.857. The molecule has 1 N–H and O–H groups in total. The fourth-order valence-corrected chi connectivity index (χ4v) is 2.12. The maximum atomic E-state index is 5.73. The van der Waals surface area contributed by atoms with Crippen LogP contribution in [0, 0.1) is 5.92 Å². The highest BCUT2D eigenvalue weighted by atomic mass is 16.5. The molecule has 1 fully saturated rings. The molecule has 0 aromatic rings. The summed E-state index contributed by atoms with van der Waals surface area (Å²) in [4.78, 5) is 0. The molecular formula is C14H27NO. The molecule has 0 heterocycles. The van der Waals surface area contributed by atoms with Crippen LogP contribution < -0.4 is 5.32 Å². The fourth-order valence-electron chi connectivity index (χ4n) is 2.12. The van der Waals surface area contributed by atoms with Crippen LogP contribution >= 0.6 is 0 Å². The van der Waals surface area contributed by atoms with E-state index < -0.39 is 0 Å². The lowest BCUT2D eigenvalue weighted by Gasteiger charge is -2.21. The normalized spacial score (nSPS) is 17.9. The van der Waals surface area contributed by atoms with Crippen LogP contribution in [0.15, 0.2) is 12.2 Å². The summed E-state index contributed by atoms with van der Waals surface area (Å²) in [6.45, 7) is 10.8. The molecule has 1 saturated carbocycles. The van der Waals surface area contributed by atoms with Crippen molar-refractivity contribution in [3.63, 3.8) is 0 Å². The topological polar surface area (TPSA) is 21.3 Å². The van der Waals surface area contributed by atoms with Crippen molar-refractivity contribution in [1.82, 2.24) is 5.32 Å². The average molecular weight is 225 g/mol. The molecule has 1 rings (SSSR count). The third-order valence-electron chi connectivity index (χ3n) is 3.14. The molecule has 16 heavy (non-hydrogen) atoms. The van der Waals surface area contributed by atoms with Crippen molar-refractivity contribution in [3.8, 4) is 0 Å². The van der Waals surface area contributed by atoms with Gasteiger partial charge in [-0.25, -0.2) is 0 Å². The van der Waals surface area contributed by atoms with Crippen LogP contribution in [-0.2, 0) is 4.74 Å². The lowest BCUT2D eigenvalue weighted by Crippen LogP contribution is -2.26. The largest absolute Gasteiger partial charge is 0.377 e. The molecule has 1 aliphatic rings. The minimum Gasteiger partial charge on any atom is -0.377 e. The van der Waals surface area contributed by atoms with Crippen LogP contribution in [0.5, 0.6) is 0 Å². The zero-order chi connectivity index (χ0) is 11.8. The van der Waals surface area contributed by atoms with Gasteiger partial charge < -0.3 is 10.1 Å². The first kappa shape index (κ1) is 13.7. The maximum absolute atomic E-state index is 5.73. The summed E-state index contributed by atoms with van der Waals surface area (Å²) in [5.41, 5.74) is 1.16. The standard InChI is InChI=1S/C14H27NO/c1-12(2)15-9-13(3)10-16-11-14-7-5-4-6-8-14/h12,14-15H,3-11H2,1-2H3. The van der Waals surface area contributed by atoms with E-state index in [9.17, 15) is 0 Å². The minimum absolute atomic E-state index is 0.523. The van der Waals surface area contributed by atoms with E-state index in [1.165, 1.54) is 32.1 Å². The van der Waals surface area contributed by atoms with Crippen LogP contribution in [0.25, 0.3) is 0 Å². The molecule has 0 radical (unpaired) electrons. The van der Waals surface area contributed by atoms with Crippen molar-refractivity contribution >= 4 is 0 Å². The third kappa shape index (κ3) is 6.29. The second kappa shape index (κ2) is 7.86. The summed E-state index contributed by atoms with van der Waals surface area (Å²) < 4.78 is 5.73. The van der Waals surface area contributed by atoms with Crippen LogP contribution in [0.3, 0.4) is 0 Å². The molecule has 0 aromatic carbocycles. The van der Waals surface area contributed by atoms with Crippen LogP contribution in [0.1, 0.15) is 46.0 Å². The molecule has 0 amide bonds. The van der Waals surface area contributed by atoms with Crippen molar-refractivity contribution in [3.05, 3.63) is 12.2 Å². The van der Waals surface area contributed by atoms with Crippen molar-refractivity contribution in [2.24, 2.45) is 5.92 Å². The monoisotopic (exact) mass is 225 g/mol. The van der Waals surface area contributed by atoms with Gasteiger partial charge in [0.25, 0.3) is 0 Å². The molecule has 1 aliphatic carbocycles. The predicted molar refractivity (Wildman–Crippen MR) is 69.7 cm³/mol. The molecule has 0 aromatic heterocycles. The summed E-state index contributed by atoms with van der Waals surface area (Å²) in [7, 11) is 0. The van der Waals surface area contributed by atoms with Crippen LogP contribution in [-0.4, -0.2) is 25.8 Å². The van der Waals surface area contributed by atoms with Crippen molar-refractivity contribution in [1.29, 1.82) is 0 Å². The molecule has 94 valence electrons. The van der Waals surface area contributed by atoms with E-state index in [0.29, 0.717) is 6.04 Å². The first-order chi connectivity index (χ1) is 7.68. The highest BCUT2D eigenvalue weighted by Gasteiger charge is 2.13. The Morgan fingerprint density at radius 3 is 2.62 bits per heavy atom. The van der Waals surface area contributed by atoms with Gasteiger partial charge in [-0.15, -0.1) is 0 Å². The summed E-state index contributed by atoms with van der Waals surface area (Å²) in [5, 5.41) is 3.35. The average Bonchev–Trinajstić information content (AvgIpc) is 2.28. The van der Waals surface area contributed by atoms with Gasteiger partial charge in [-0.2, -0.15) is 0 Å². The number of hydrogen-bond donors (Lipinski definition) is 1.